The van der Waals surface area contributed by atoms with Crippen LogP contribution in [0.3, 0.4) is 0 Å². The molecule has 0 saturated heterocycles. The van der Waals surface area contributed by atoms with Gasteiger partial charge in [0, 0.05) is 29.7 Å². The third kappa shape index (κ3) is 5.19. The third-order valence-electron chi connectivity index (χ3n) is 3.21. The minimum atomic E-state index is -0.367. The minimum Gasteiger partial charge on any atom is -0.330 e. The Morgan fingerprint density at radius 3 is 2.55 bits per heavy atom. The number of halogens is 1. The Balaban J connectivity index is 2.87. The Hall–Kier alpha value is -0.980. The van der Waals surface area contributed by atoms with E-state index in [0.717, 1.165) is 23.1 Å². The molecule has 0 aliphatic rings. The second-order valence-corrected chi connectivity index (χ2v) is 6.66. The molecular formula is C14H22BrN3O2. The molecule has 112 valence electrons. The highest BCUT2D eigenvalue weighted by Crippen LogP contribution is 2.23. The lowest BCUT2D eigenvalue weighted by Crippen LogP contribution is -2.38. The van der Waals surface area contributed by atoms with Crippen molar-refractivity contribution in [1.29, 1.82) is 0 Å². The minimum absolute atomic E-state index is 0.0357. The van der Waals surface area contributed by atoms with Gasteiger partial charge in [0.05, 0.1) is 4.92 Å². The number of non-ortho nitro benzene ring substituents is 1. The molecule has 0 bridgehead atoms. The van der Waals surface area contributed by atoms with Gasteiger partial charge >= 0.3 is 0 Å². The van der Waals surface area contributed by atoms with Gasteiger partial charge in [0.25, 0.3) is 5.69 Å². The molecule has 1 aromatic rings. The van der Waals surface area contributed by atoms with Crippen molar-refractivity contribution in [3.05, 3.63) is 38.3 Å². The van der Waals surface area contributed by atoms with Crippen LogP contribution >= 0.6 is 15.9 Å². The van der Waals surface area contributed by atoms with Gasteiger partial charge in [0.15, 0.2) is 0 Å². The van der Waals surface area contributed by atoms with E-state index in [9.17, 15) is 10.1 Å². The molecule has 0 aromatic heterocycles. The second kappa shape index (κ2) is 7.15. The predicted octanol–water partition coefficient (Wildman–Crippen LogP) is 3.16. The quantitative estimate of drug-likeness (QED) is 0.609. The van der Waals surface area contributed by atoms with E-state index < -0.39 is 0 Å². The van der Waals surface area contributed by atoms with E-state index in [2.05, 4.69) is 41.6 Å². The average Bonchev–Trinajstić information content (AvgIpc) is 2.37. The van der Waals surface area contributed by atoms with E-state index in [-0.39, 0.29) is 16.0 Å². The first kappa shape index (κ1) is 17.1. The molecule has 0 atom stereocenters. The van der Waals surface area contributed by atoms with Crippen LogP contribution in [0, 0.1) is 15.5 Å². The number of hydrogen-bond donors (Lipinski definition) is 1. The van der Waals surface area contributed by atoms with Crippen LogP contribution in [0.4, 0.5) is 5.69 Å². The van der Waals surface area contributed by atoms with Gasteiger partial charge in [0.1, 0.15) is 0 Å². The maximum Gasteiger partial charge on any atom is 0.270 e. The van der Waals surface area contributed by atoms with Gasteiger partial charge in [-0.1, -0.05) is 36.7 Å². The zero-order chi connectivity index (χ0) is 15.3. The van der Waals surface area contributed by atoms with Crippen molar-refractivity contribution in [2.45, 2.75) is 27.3 Å². The van der Waals surface area contributed by atoms with Gasteiger partial charge in [0.2, 0.25) is 0 Å². The van der Waals surface area contributed by atoms with Crippen LogP contribution in [-0.2, 0) is 6.54 Å². The standard InChI is InChI=1S/C14H22BrN3O2/c1-4-17(10-14(2,3)9-16)8-11-5-12(15)7-13(6-11)18(19)20/h5-7H,4,8-10,16H2,1-3H3. The topological polar surface area (TPSA) is 72.4 Å². The van der Waals surface area contributed by atoms with Crippen molar-refractivity contribution >= 4 is 21.6 Å². The SMILES string of the molecule is CCN(Cc1cc(Br)cc([N+](=O)[O-])c1)CC(C)(C)CN. The third-order valence-corrected chi connectivity index (χ3v) is 3.67. The molecule has 0 aliphatic heterocycles. The van der Waals surface area contributed by atoms with Gasteiger partial charge in [-0.15, -0.1) is 0 Å². The van der Waals surface area contributed by atoms with E-state index >= 15 is 0 Å². The molecule has 0 radical (unpaired) electrons. The summed E-state index contributed by atoms with van der Waals surface area (Å²) in [5, 5.41) is 10.9. The maximum atomic E-state index is 10.9. The van der Waals surface area contributed by atoms with Crippen molar-refractivity contribution in [1.82, 2.24) is 4.90 Å². The predicted molar refractivity (Wildman–Crippen MR) is 84.6 cm³/mol. The van der Waals surface area contributed by atoms with E-state index in [1.807, 2.05) is 6.07 Å². The number of nitro groups is 1. The van der Waals surface area contributed by atoms with Gasteiger partial charge < -0.3 is 5.73 Å². The van der Waals surface area contributed by atoms with Crippen molar-refractivity contribution in [3.8, 4) is 0 Å². The average molecular weight is 344 g/mol. The molecular weight excluding hydrogens is 322 g/mol. The lowest BCUT2D eigenvalue weighted by Gasteiger charge is -2.31. The molecule has 1 rings (SSSR count). The van der Waals surface area contributed by atoms with E-state index in [0.29, 0.717) is 13.1 Å². The normalized spacial score (nSPS) is 11.9. The van der Waals surface area contributed by atoms with Crippen LogP contribution in [0.5, 0.6) is 0 Å². The molecule has 20 heavy (non-hydrogen) atoms. The van der Waals surface area contributed by atoms with E-state index in [4.69, 9.17) is 5.73 Å². The number of rotatable bonds is 7. The van der Waals surface area contributed by atoms with Gasteiger partial charge in [-0.05, 0) is 30.1 Å². The smallest absolute Gasteiger partial charge is 0.270 e. The van der Waals surface area contributed by atoms with Crippen LogP contribution in [0.1, 0.15) is 26.3 Å². The molecule has 2 N–H and O–H groups in total. The number of hydrogen-bond acceptors (Lipinski definition) is 4. The molecule has 6 heteroatoms. The summed E-state index contributed by atoms with van der Waals surface area (Å²) in [7, 11) is 0. The molecule has 0 unspecified atom stereocenters. The van der Waals surface area contributed by atoms with Crippen molar-refractivity contribution in [2.24, 2.45) is 11.1 Å². The van der Waals surface area contributed by atoms with Crippen molar-refractivity contribution < 1.29 is 4.92 Å². The maximum absolute atomic E-state index is 10.9. The highest BCUT2D eigenvalue weighted by Gasteiger charge is 2.20. The van der Waals surface area contributed by atoms with Crippen LogP contribution in [-0.4, -0.2) is 29.5 Å². The molecule has 0 fully saturated rings. The lowest BCUT2D eigenvalue weighted by molar-refractivity contribution is -0.385. The molecule has 0 heterocycles. The van der Waals surface area contributed by atoms with Crippen molar-refractivity contribution in [2.75, 3.05) is 19.6 Å². The highest BCUT2D eigenvalue weighted by molar-refractivity contribution is 9.10. The zero-order valence-electron chi connectivity index (χ0n) is 12.2. The van der Waals surface area contributed by atoms with Crippen LogP contribution in [0.2, 0.25) is 0 Å². The summed E-state index contributed by atoms with van der Waals surface area (Å²) in [4.78, 5) is 12.8. The van der Waals surface area contributed by atoms with Gasteiger partial charge in [-0.2, -0.15) is 0 Å². The van der Waals surface area contributed by atoms with E-state index in [1.165, 1.54) is 6.07 Å². The van der Waals surface area contributed by atoms with Crippen LogP contribution < -0.4 is 5.73 Å². The summed E-state index contributed by atoms with van der Waals surface area (Å²) < 4.78 is 0.732. The Labute approximate surface area is 128 Å². The summed E-state index contributed by atoms with van der Waals surface area (Å²) in [6, 6.07) is 5.07. The Kier molecular flexibility index (Phi) is 6.10. The van der Waals surface area contributed by atoms with E-state index in [1.54, 1.807) is 6.07 Å². The number of nitrogens with two attached hydrogens (primary N) is 1. The fraction of sp³-hybridized carbons (Fsp3) is 0.571. The molecule has 0 aliphatic carbocycles. The summed E-state index contributed by atoms with van der Waals surface area (Å²) in [6.07, 6.45) is 0. The highest BCUT2D eigenvalue weighted by atomic mass is 79.9. The first-order valence-electron chi connectivity index (χ1n) is 6.63. The number of benzene rings is 1. The molecule has 1 aromatic carbocycles. The molecule has 0 spiro atoms. The Bertz CT molecular complexity index is 477. The Morgan fingerprint density at radius 2 is 2.05 bits per heavy atom. The van der Waals surface area contributed by atoms with Crippen LogP contribution in [0.25, 0.3) is 0 Å². The van der Waals surface area contributed by atoms with Gasteiger partial charge in [-0.3, -0.25) is 15.0 Å². The van der Waals surface area contributed by atoms with Crippen molar-refractivity contribution in [3.63, 3.8) is 0 Å². The summed E-state index contributed by atoms with van der Waals surface area (Å²) >= 11 is 3.33. The first-order valence-corrected chi connectivity index (χ1v) is 7.43. The fourth-order valence-electron chi connectivity index (χ4n) is 2.04. The van der Waals surface area contributed by atoms with Crippen LogP contribution in [0.15, 0.2) is 22.7 Å². The summed E-state index contributed by atoms with van der Waals surface area (Å²) in [5.41, 5.74) is 6.85. The molecule has 0 amide bonds. The van der Waals surface area contributed by atoms with Gasteiger partial charge in [-0.25, -0.2) is 0 Å². The largest absolute Gasteiger partial charge is 0.330 e. The lowest BCUT2D eigenvalue weighted by atomic mass is 9.93. The number of nitrogens with zero attached hydrogens (tertiary/aromatic N) is 2. The number of nitro benzene ring substituents is 1. The first-order chi connectivity index (χ1) is 9.27. The fourth-order valence-corrected chi connectivity index (χ4v) is 2.57. The molecule has 5 nitrogen and oxygen atoms in total. The molecule has 0 saturated carbocycles. The summed E-state index contributed by atoms with van der Waals surface area (Å²) in [6.45, 7) is 9.36. The zero-order valence-corrected chi connectivity index (χ0v) is 13.8. The Morgan fingerprint density at radius 1 is 1.40 bits per heavy atom. The monoisotopic (exact) mass is 343 g/mol. The summed E-state index contributed by atoms with van der Waals surface area (Å²) in [5.74, 6) is 0. The second-order valence-electron chi connectivity index (χ2n) is 5.75.